The Labute approximate surface area is 121 Å². The SMILES string of the molecule is CC(C)(C)CCOc1nccc(C(O)C(C)(C)C)c1F. The Bertz CT molecular complexity index is 447. The van der Waals surface area contributed by atoms with Crippen molar-refractivity contribution in [3.8, 4) is 5.88 Å². The summed E-state index contributed by atoms with van der Waals surface area (Å²) in [5.74, 6) is -0.598. The molecule has 114 valence electrons. The molecule has 20 heavy (non-hydrogen) atoms. The minimum absolute atomic E-state index is 0.0324. The zero-order valence-corrected chi connectivity index (χ0v) is 13.3. The number of hydrogen-bond acceptors (Lipinski definition) is 3. The highest BCUT2D eigenvalue weighted by molar-refractivity contribution is 5.26. The van der Waals surface area contributed by atoms with Crippen molar-refractivity contribution in [3.63, 3.8) is 0 Å². The predicted molar refractivity (Wildman–Crippen MR) is 78.2 cm³/mol. The second-order valence-corrected chi connectivity index (χ2v) is 7.45. The molecule has 3 nitrogen and oxygen atoms in total. The molecule has 0 fully saturated rings. The predicted octanol–water partition coefficient (Wildman–Crippen LogP) is 4.12. The fourth-order valence-electron chi connectivity index (χ4n) is 1.67. The van der Waals surface area contributed by atoms with E-state index in [2.05, 4.69) is 25.8 Å². The van der Waals surface area contributed by atoms with Crippen molar-refractivity contribution >= 4 is 0 Å². The average Bonchev–Trinajstić information content (AvgIpc) is 2.28. The highest BCUT2D eigenvalue weighted by atomic mass is 19.1. The lowest BCUT2D eigenvalue weighted by molar-refractivity contribution is 0.0586. The van der Waals surface area contributed by atoms with E-state index in [0.717, 1.165) is 6.42 Å². The Morgan fingerprint density at radius 1 is 1.25 bits per heavy atom. The van der Waals surface area contributed by atoms with Gasteiger partial charge in [-0.1, -0.05) is 41.5 Å². The molecule has 0 saturated carbocycles. The molecule has 0 amide bonds. The topological polar surface area (TPSA) is 42.4 Å². The standard InChI is InChI=1S/C16H26FNO2/c1-15(2,3)8-10-20-14-12(17)11(7-9-18-14)13(19)16(4,5)6/h7,9,13,19H,8,10H2,1-6H3. The lowest BCUT2D eigenvalue weighted by Crippen LogP contribution is -2.20. The van der Waals surface area contributed by atoms with Gasteiger partial charge in [-0.05, 0) is 23.3 Å². The quantitative estimate of drug-likeness (QED) is 0.904. The third-order valence-corrected chi connectivity index (χ3v) is 3.09. The minimum Gasteiger partial charge on any atom is -0.476 e. The van der Waals surface area contributed by atoms with Crippen molar-refractivity contribution in [1.29, 1.82) is 0 Å². The summed E-state index contributed by atoms with van der Waals surface area (Å²) in [7, 11) is 0. The molecule has 1 atom stereocenters. The monoisotopic (exact) mass is 283 g/mol. The molecule has 1 unspecified atom stereocenters. The van der Waals surface area contributed by atoms with Crippen LogP contribution in [0.25, 0.3) is 0 Å². The highest BCUT2D eigenvalue weighted by Crippen LogP contribution is 2.35. The van der Waals surface area contributed by atoms with Crippen molar-refractivity contribution in [2.45, 2.75) is 54.1 Å². The van der Waals surface area contributed by atoms with E-state index in [0.29, 0.717) is 6.61 Å². The Kier molecular flexibility index (Phi) is 5.14. The maximum Gasteiger partial charge on any atom is 0.250 e. The van der Waals surface area contributed by atoms with Crippen LogP contribution in [0.5, 0.6) is 5.88 Å². The van der Waals surface area contributed by atoms with Gasteiger partial charge in [-0.3, -0.25) is 0 Å². The van der Waals surface area contributed by atoms with Gasteiger partial charge in [-0.2, -0.15) is 0 Å². The van der Waals surface area contributed by atoms with Gasteiger partial charge in [-0.25, -0.2) is 9.37 Å². The maximum absolute atomic E-state index is 14.3. The largest absolute Gasteiger partial charge is 0.476 e. The Morgan fingerprint density at radius 3 is 2.35 bits per heavy atom. The summed E-state index contributed by atoms with van der Waals surface area (Å²) < 4.78 is 19.7. The first kappa shape index (κ1) is 16.9. The van der Waals surface area contributed by atoms with E-state index in [1.807, 2.05) is 20.8 Å². The van der Waals surface area contributed by atoms with Crippen LogP contribution in [-0.2, 0) is 0 Å². The summed E-state index contributed by atoms with van der Waals surface area (Å²) in [6.07, 6.45) is 1.38. The Balaban J connectivity index is 2.85. The van der Waals surface area contributed by atoms with Crippen molar-refractivity contribution in [1.82, 2.24) is 4.98 Å². The van der Waals surface area contributed by atoms with Crippen LogP contribution in [0.1, 0.15) is 59.6 Å². The van der Waals surface area contributed by atoms with Crippen molar-refractivity contribution in [3.05, 3.63) is 23.6 Å². The number of aliphatic hydroxyl groups is 1. The number of halogens is 1. The van der Waals surface area contributed by atoms with Gasteiger partial charge >= 0.3 is 0 Å². The second-order valence-electron chi connectivity index (χ2n) is 7.45. The van der Waals surface area contributed by atoms with E-state index < -0.39 is 17.3 Å². The number of aliphatic hydroxyl groups excluding tert-OH is 1. The molecule has 1 aromatic heterocycles. The average molecular weight is 283 g/mol. The van der Waals surface area contributed by atoms with E-state index >= 15 is 0 Å². The van der Waals surface area contributed by atoms with Crippen LogP contribution in [0.4, 0.5) is 4.39 Å². The van der Waals surface area contributed by atoms with Crippen LogP contribution >= 0.6 is 0 Å². The molecule has 0 aliphatic carbocycles. The summed E-state index contributed by atoms with van der Waals surface area (Å²) in [6, 6.07) is 1.50. The molecular formula is C16H26FNO2. The normalized spacial score (nSPS) is 14.2. The summed E-state index contributed by atoms with van der Waals surface area (Å²) in [6.45, 7) is 12.3. The molecule has 1 aromatic rings. The summed E-state index contributed by atoms with van der Waals surface area (Å²) >= 11 is 0. The first-order valence-electron chi connectivity index (χ1n) is 6.97. The van der Waals surface area contributed by atoms with Gasteiger partial charge in [0.2, 0.25) is 0 Å². The number of ether oxygens (including phenoxy) is 1. The van der Waals surface area contributed by atoms with E-state index in [4.69, 9.17) is 4.74 Å². The van der Waals surface area contributed by atoms with Crippen LogP contribution in [0.2, 0.25) is 0 Å². The van der Waals surface area contributed by atoms with Crippen molar-refractivity contribution in [2.24, 2.45) is 10.8 Å². The third-order valence-electron chi connectivity index (χ3n) is 3.09. The van der Waals surface area contributed by atoms with Gasteiger partial charge in [0.05, 0.1) is 12.7 Å². The molecule has 1 heterocycles. The van der Waals surface area contributed by atoms with Gasteiger partial charge in [0.1, 0.15) is 0 Å². The lowest BCUT2D eigenvalue weighted by atomic mass is 9.85. The molecule has 0 aliphatic heterocycles. The minimum atomic E-state index is -0.893. The van der Waals surface area contributed by atoms with Gasteiger partial charge in [0, 0.05) is 11.8 Å². The first-order chi connectivity index (χ1) is 9.02. The molecule has 0 bridgehead atoms. The number of pyridine rings is 1. The summed E-state index contributed by atoms with van der Waals surface area (Å²) in [4.78, 5) is 3.91. The van der Waals surface area contributed by atoms with Crippen LogP contribution in [-0.4, -0.2) is 16.7 Å². The summed E-state index contributed by atoms with van der Waals surface area (Å²) in [5, 5.41) is 10.2. The van der Waals surface area contributed by atoms with Gasteiger partial charge < -0.3 is 9.84 Å². The molecule has 0 aromatic carbocycles. The van der Waals surface area contributed by atoms with Crippen LogP contribution in [0.3, 0.4) is 0 Å². The van der Waals surface area contributed by atoms with Gasteiger partial charge in [0.15, 0.2) is 5.82 Å². The molecule has 0 spiro atoms. The maximum atomic E-state index is 14.3. The highest BCUT2D eigenvalue weighted by Gasteiger charge is 2.28. The van der Waals surface area contributed by atoms with Crippen LogP contribution < -0.4 is 4.74 Å². The zero-order valence-electron chi connectivity index (χ0n) is 13.3. The fraction of sp³-hybridized carbons (Fsp3) is 0.688. The zero-order chi connectivity index (χ0) is 15.6. The Hall–Kier alpha value is -1.16. The third kappa shape index (κ3) is 4.75. The molecule has 4 heteroatoms. The second kappa shape index (κ2) is 6.08. The summed E-state index contributed by atoms with van der Waals surface area (Å²) in [5.41, 5.74) is -0.0811. The van der Waals surface area contributed by atoms with Crippen molar-refractivity contribution in [2.75, 3.05) is 6.61 Å². The molecule has 0 saturated heterocycles. The smallest absolute Gasteiger partial charge is 0.250 e. The lowest BCUT2D eigenvalue weighted by Gasteiger charge is -2.26. The molecule has 0 radical (unpaired) electrons. The van der Waals surface area contributed by atoms with E-state index in [1.54, 1.807) is 0 Å². The Morgan fingerprint density at radius 2 is 1.85 bits per heavy atom. The van der Waals surface area contributed by atoms with E-state index in [-0.39, 0.29) is 16.9 Å². The molecule has 1 N–H and O–H groups in total. The number of nitrogens with zero attached hydrogens (tertiary/aromatic N) is 1. The van der Waals surface area contributed by atoms with Crippen molar-refractivity contribution < 1.29 is 14.2 Å². The first-order valence-corrected chi connectivity index (χ1v) is 6.97. The number of rotatable bonds is 4. The number of aromatic nitrogens is 1. The van der Waals surface area contributed by atoms with E-state index in [9.17, 15) is 9.50 Å². The fourth-order valence-corrected chi connectivity index (χ4v) is 1.67. The molecule has 0 aliphatic rings. The van der Waals surface area contributed by atoms with Crippen LogP contribution in [0, 0.1) is 16.6 Å². The number of hydrogen-bond donors (Lipinski definition) is 1. The van der Waals surface area contributed by atoms with Gasteiger partial charge in [-0.15, -0.1) is 0 Å². The van der Waals surface area contributed by atoms with E-state index in [1.165, 1.54) is 12.3 Å². The molecular weight excluding hydrogens is 257 g/mol. The van der Waals surface area contributed by atoms with Gasteiger partial charge in [0.25, 0.3) is 5.88 Å². The molecule has 1 rings (SSSR count). The van der Waals surface area contributed by atoms with Crippen LogP contribution in [0.15, 0.2) is 12.3 Å².